The Kier molecular flexibility index (Phi) is 4.29. The summed E-state index contributed by atoms with van der Waals surface area (Å²) < 4.78 is 0. The molecule has 2 aliphatic rings. The maximum atomic E-state index is 4.77. The number of nitrogens with one attached hydrogen (secondary N) is 2. The average Bonchev–Trinajstić information content (AvgIpc) is 3.32. The first-order valence-corrected chi connectivity index (χ1v) is 8.19. The van der Waals surface area contributed by atoms with Crippen molar-refractivity contribution < 1.29 is 0 Å². The van der Waals surface area contributed by atoms with E-state index in [1.165, 1.54) is 38.6 Å². The molecule has 1 saturated heterocycles. The summed E-state index contributed by atoms with van der Waals surface area (Å²) in [5.41, 5.74) is 1.13. The molecule has 1 aromatic rings. The van der Waals surface area contributed by atoms with Crippen LogP contribution in [0.25, 0.3) is 0 Å². The van der Waals surface area contributed by atoms with Crippen molar-refractivity contribution in [3.05, 3.63) is 11.4 Å². The minimum Gasteiger partial charge on any atom is -0.373 e. The molecule has 2 fully saturated rings. The van der Waals surface area contributed by atoms with Crippen LogP contribution < -0.4 is 10.6 Å². The smallest absolute Gasteiger partial charge is 0.136 e. The average molecular weight is 289 g/mol. The Bertz CT molecular complexity index is 498. The van der Waals surface area contributed by atoms with Crippen LogP contribution in [0.5, 0.6) is 0 Å². The fourth-order valence-corrected chi connectivity index (χ4v) is 3.09. The Balaban J connectivity index is 1.72. The van der Waals surface area contributed by atoms with Crippen LogP contribution in [0, 0.1) is 6.92 Å². The van der Waals surface area contributed by atoms with Gasteiger partial charge in [0.15, 0.2) is 0 Å². The molecular formula is C16H27N5. The molecule has 0 amide bonds. The van der Waals surface area contributed by atoms with Gasteiger partial charge in [-0.05, 0) is 46.2 Å². The zero-order valence-electron chi connectivity index (χ0n) is 13.4. The van der Waals surface area contributed by atoms with Crippen LogP contribution in [0.2, 0.25) is 0 Å². The van der Waals surface area contributed by atoms with E-state index in [0.717, 1.165) is 29.6 Å². The number of likely N-dealkylation sites (N-methyl/N-ethyl adjacent to an activating group) is 1. The van der Waals surface area contributed by atoms with Crippen molar-refractivity contribution in [2.45, 2.75) is 51.0 Å². The highest BCUT2D eigenvalue weighted by Gasteiger charge is 2.28. The van der Waals surface area contributed by atoms with Crippen molar-refractivity contribution in [2.24, 2.45) is 0 Å². The largest absolute Gasteiger partial charge is 0.373 e. The summed E-state index contributed by atoms with van der Waals surface area (Å²) in [5, 5.41) is 6.78. The number of likely N-dealkylation sites (tertiary alicyclic amines) is 1. The van der Waals surface area contributed by atoms with Crippen LogP contribution in [-0.4, -0.2) is 48.1 Å². The van der Waals surface area contributed by atoms with Gasteiger partial charge in [-0.2, -0.15) is 0 Å². The van der Waals surface area contributed by atoms with Gasteiger partial charge in [-0.3, -0.25) is 0 Å². The Morgan fingerprint density at radius 3 is 2.57 bits per heavy atom. The highest BCUT2D eigenvalue weighted by atomic mass is 15.2. The molecule has 5 nitrogen and oxygen atoms in total. The number of piperidine rings is 1. The molecule has 2 N–H and O–H groups in total. The van der Waals surface area contributed by atoms with Crippen LogP contribution in [0.15, 0.2) is 0 Å². The van der Waals surface area contributed by atoms with E-state index in [2.05, 4.69) is 34.5 Å². The molecule has 1 aromatic heterocycles. The fourth-order valence-electron chi connectivity index (χ4n) is 3.09. The standard InChI is InChI=1S/C16H27N5/c1-11-14(17-2)19-16(12-7-8-12)20-15(11)18-10-13-6-4-5-9-21(13)3/h12-13H,4-10H2,1-3H3,(H2,17,18,19,20). The summed E-state index contributed by atoms with van der Waals surface area (Å²) in [6.07, 6.45) is 6.42. The summed E-state index contributed by atoms with van der Waals surface area (Å²) in [6.45, 7) is 4.28. The summed E-state index contributed by atoms with van der Waals surface area (Å²) in [6, 6.07) is 0.621. The Hall–Kier alpha value is -1.36. The SMILES string of the molecule is CNc1nc(C2CC2)nc(NCC2CCCCN2C)c1C. The molecule has 0 radical (unpaired) electrons. The van der Waals surface area contributed by atoms with Crippen LogP contribution in [0.3, 0.4) is 0 Å². The molecule has 1 unspecified atom stereocenters. The van der Waals surface area contributed by atoms with E-state index in [4.69, 9.17) is 4.98 Å². The van der Waals surface area contributed by atoms with E-state index in [-0.39, 0.29) is 0 Å². The zero-order chi connectivity index (χ0) is 14.8. The van der Waals surface area contributed by atoms with Crippen molar-refractivity contribution in [1.82, 2.24) is 14.9 Å². The van der Waals surface area contributed by atoms with E-state index in [1.54, 1.807) is 0 Å². The first-order chi connectivity index (χ1) is 10.2. The van der Waals surface area contributed by atoms with Crippen molar-refractivity contribution >= 4 is 11.6 Å². The molecule has 21 heavy (non-hydrogen) atoms. The van der Waals surface area contributed by atoms with Crippen LogP contribution >= 0.6 is 0 Å². The molecule has 1 aliphatic heterocycles. The van der Waals surface area contributed by atoms with Gasteiger partial charge >= 0.3 is 0 Å². The topological polar surface area (TPSA) is 53.1 Å². The molecule has 116 valence electrons. The second-order valence-electron chi connectivity index (χ2n) is 6.44. The predicted molar refractivity (Wildman–Crippen MR) is 87.0 cm³/mol. The van der Waals surface area contributed by atoms with E-state index in [0.29, 0.717) is 12.0 Å². The van der Waals surface area contributed by atoms with E-state index >= 15 is 0 Å². The molecule has 2 heterocycles. The van der Waals surface area contributed by atoms with Crippen molar-refractivity contribution in [3.8, 4) is 0 Å². The third-order valence-electron chi connectivity index (χ3n) is 4.77. The maximum absolute atomic E-state index is 4.77. The molecule has 1 aliphatic carbocycles. The quantitative estimate of drug-likeness (QED) is 0.872. The number of hydrogen-bond acceptors (Lipinski definition) is 5. The predicted octanol–water partition coefficient (Wildman–Crippen LogP) is 2.60. The molecule has 3 rings (SSSR count). The minimum absolute atomic E-state index is 0.579. The lowest BCUT2D eigenvalue weighted by molar-refractivity contribution is 0.194. The van der Waals surface area contributed by atoms with Crippen LogP contribution in [0.4, 0.5) is 11.6 Å². The molecule has 0 bridgehead atoms. The molecule has 0 spiro atoms. The second-order valence-corrected chi connectivity index (χ2v) is 6.44. The number of aromatic nitrogens is 2. The van der Waals surface area contributed by atoms with Gasteiger partial charge in [0.25, 0.3) is 0 Å². The first-order valence-electron chi connectivity index (χ1n) is 8.19. The Morgan fingerprint density at radius 1 is 1.14 bits per heavy atom. The van der Waals surface area contributed by atoms with Gasteiger partial charge in [0, 0.05) is 31.1 Å². The van der Waals surface area contributed by atoms with E-state index in [9.17, 15) is 0 Å². The van der Waals surface area contributed by atoms with Gasteiger partial charge in [-0.25, -0.2) is 9.97 Å². The van der Waals surface area contributed by atoms with Crippen LogP contribution in [0.1, 0.15) is 49.4 Å². The van der Waals surface area contributed by atoms with Crippen molar-refractivity contribution in [3.63, 3.8) is 0 Å². The molecule has 5 heteroatoms. The summed E-state index contributed by atoms with van der Waals surface area (Å²) in [5.74, 6) is 3.56. The molecule has 0 aromatic carbocycles. The fraction of sp³-hybridized carbons (Fsp3) is 0.750. The van der Waals surface area contributed by atoms with E-state index < -0.39 is 0 Å². The molecular weight excluding hydrogens is 262 g/mol. The maximum Gasteiger partial charge on any atom is 0.136 e. The first kappa shape index (κ1) is 14.6. The lowest BCUT2D eigenvalue weighted by atomic mass is 10.0. The molecule has 1 atom stereocenters. The van der Waals surface area contributed by atoms with Gasteiger partial charge < -0.3 is 15.5 Å². The number of anilines is 2. The lowest BCUT2D eigenvalue weighted by Crippen LogP contribution is -2.41. The third kappa shape index (κ3) is 3.28. The summed E-state index contributed by atoms with van der Waals surface area (Å²) in [4.78, 5) is 11.9. The Labute approximate surface area is 127 Å². The molecule has 1 saturated carbocycles. The monoisotopic (exact) mass is 289 g/mol. The minimum atomic E-state index is 0.579. The highest BCUT2D eigenvalue weighted by molar-refractivity contribution is 5.57. The number of nitrogens with zero attached hydrogens (tertiary/aromatic N) is 3. The summed E-state index contributed by atoms with van der Waals surface area (Å²) >= 11 is 0. The van der Waals surface area contributed by atoms with Gasteiger partial charge in [-0.1, -0.05) is 6.42 Å². The van der Waals surface area contributed by atoms with Crippen molar-refractivity contribution in [2.75, 3.05) is 37.8 Å². The van der Waals surface area contributed by atoms with Gasteiger partial charge in [0.1, 0.15) is 17.5 Å². The highest BCUT2D eigenvalue weighted by Crippen LogP contribution is 2.39. The summed E-state index contributed by atoms with van der Waals surface area (Å²) in [7, 11) is 4.16. The van der Waals surface area contributed by atoms with Gasteiger partial charge in [0.05, 0.1) is 0 Å². The van der Waals surface area contributed by atoms with Crippen LogP contribution in [-0.2, 0) is 0 Å². The second kappa shape index (κ2) is 6.18. The Morgan fingerprint density at radius 2 is 1.90 bits per heavy atom. The number of hydrogen-bond donors (Lipinski definition) is 2. The van der Waals surface area contributed by atoms with Gasteiger partial charge in [0.2, 0.25) is 0 Å². The lowest BCUT2D eigenvalue weighted by Gasteiger charge is -2.32. The zero-order valence-corrected chi connectivity index (χ0v) is 13.4. The van der Waals surface area contributed by atoms with Gasteiger partial charge in [-0.15, -0.1) is 0 Å². The van der Waals surface area contributed by atoms with Crippen molar-refractivity contribution in [1.29, 1.82) is 0 Å². The normalized spacial score (nSPS) is 23.1. The van der Waals surface area contributed by atoms with E-state index in [1.807, 2.05) is 7.05 Å². The number of rotatable bonds is 5. The third-order valence-corrected chi connectivity index (χ3v) is 4.77.